The molecule has 0 bridgehead atoms. The van der Waals surface area contributed by atoms with Crippen LogP contribution in [0.5, 0.6) is 0 Å². The SMILES string of the molecule is O=C(O)C(F)(F)F.O=C(O)C(F)(F)F.[N-]=[N+]=NC[C@@H]1[C@@H](CN=[N+]=[N-])[C@H](c2[nH]c(N)nc2Br)[C@]2(NC(N)=N[C@H]2O)[C@H]1Cl. The third-order valence-corrected chi connectivity index (χ3v) is 6.86. The van der Waals surface area contributed by atoms with Crippen LogP contribution in [0.3, 0.4) is 0 Å². The van der Waals surface area contributed by atoms with Crippen LogP contribution in [0.1, 0.15) is 11.6 Å². The number of rotatable bonds is 5. The van der Waals surface area contributed by atoms with Gasteiger partial charge in [0, 0.05) is 28.8 Å². The fourth-order valence-electron chi connectivity index (χ4n) is 4.12. The number of halogens is 8. The van der Waals surface area contributed by atoms with Crippen LogP contribution < -0.4 is 16.8 Å². The molecule has 228 valence electrons. The Morgan fingerprint density at radius 1 is 1.05 bits per heavy atom. The second-order valence-electron chi connectivity index (χ2n) is 7.91. The number of H-pyrrole nitrogens is 1. The van der Waals surface area contributed by atoms with Gasteiger partial charge < -0.3 is 37.1 Å². The van der Waals surface area contributed by atoms with E-state index in [0.29, 0.717) is 10.3 Å². The molecule has 0 saturated heterocycles. The van der Waals surface area contributed by atoms with Crippen molar-refractivity contribution in [1.29, 1.82) is 0 Å². The number of imidazole rings is 1. The highest BCUT2D eigenvalue weighted by molar-refractivity contribution is 9.10. The van der Waals surface area contributed by atoms with Crippen molar-refractivity contribution in [2.75, 3.05) is 18.8 Å². The Bertz CT molecular complexity index is 1230. The average Bonchev–Trinajstić information content (AvgIpc) is 3.40. The summed E-state index contributed by atoms with van der Waals surface area (Å²) >= 11 is 10.1. The molecule has 9 N–H and O–H groups in total. The number of aliphatic hydroxyl groups is 1. The van der Waals surface area contributed by atoms with Gasteiger partial charge in [-0.3, -0.25) is 0 Å². The monoisotopic (exact) mass is 686 g/mol. The smallest absolute Gasteiger partial charge is 0.475 e. The third kappa shape index (κ3) is 8.33. The molecule has 17 nitrogen and oxygen atoms in total. The molecule has 1 spiro atoms. The van der Waals surface area contributed by atoms with E-state index in [4.69, 9.17) is 53.9 Å². The number of nitrogens with two attached hydrogens (primary N) is 2. The van der Waals surface area contributed by atoms with Crippen LogP contribution in [0.2, 0.25) is 0 Å². The quantitative estimate of drug-likeness (QED) is 0.0785. The van der Waals surface area contributed by atoms with E-state index in [1.165, 1.54) is 0 Å². The Hall–Kier alpha value is -3.85. The predicted molar refractivity (Wildman–Crippen MR) is 129 cm³/mol. The Balaban J connectivity index is 0.000000497. The first kappa shape index (κ1) is 35.2. The molecule has 3 rings (SSSR count). The number of nitrogen functional groups attached to an aromatic ring is 1. The topological polar surface area (TPSA) is 297 Å². The summed E-state index contributed by atoms with van der Waals surface area (Å²) in [4.78, 5) is 34.5. The number of aromatic nitrogens is 2. The molecule has 6 atom stereocenters. The van der Waals surface area contributed by atoms with Crippen molar-refractivity contribution in [1.82, 2.24) is 15.3 Å². The van der Waals surface area contributed by atoms with E-state index in [0.717, 1.165) is 0 Å². The maximum atomic E-state index is 10.7. The van der Waals surface area contributed by atoms with E-state index in [1.54, 1.807) is 0 Å². The number of carboxylic acids is 2. The number of aliphatic imine (C=N–C) groups is 1. The van der Waals surface area contributed by atoms with Gasteiger partial charge in [0.1, 0.15) is 10.1 Å². The number of azide groups is 2. The first-order valence-electron chi connectivity index (χ1n) is 10.3. The summed E-state index contributed by atoms with van der Waals surface area (Å²) in [7, 11) is 0. The normalized spacial score (nSPS) is 26.7. The fraction of sp³-hybridized carbons (Fsp3) is 0.625. The largest absolute Gasteiger partial charge is 0.490 e. The van der Waals surface area contributed by atoms with Gasteiger partial charge in [0.25, 0.3) is 0 Å². The summed E-state index contributed by atoms with van der Waals surface area (Å²) < 4.78 is 63.9. The molecule has 1 saturated carbocycles. The third-order valence-electron chi connectivity index (χ3n) is 5.57. The number of hydrogen-bond acceptors (Lipinski definition) is 10. The number of carboxylic acid groups (broad SMARTS) is 2. The number of guanidine groups is 1. The number of hydrogen-bond donors (Lipinski definition) is 7. The zero-order valence-electron chi connectivity index (χ0n) is 19.7. The molecule has 0 unspecified atom stereocenters. The Labute approximate surface area is 236 Å². The molecule has 0 radical (unpaired) electrons. The minimum absolute atomic E-state index is 0.0220. The van der Waals surface area contributed by atoms with Gasteiger partial charge in [-0.15, -0.1) is 11.6 Å². The van der Waals surface area contributed by atoms with Crippen molar-refractivity contribution in [2.24, 2.45) is 32.8 Å². The minimum Gasteiger partial charge on any atom is -0.475 e. The van der Waals surface area contributed by atoms with Gasteiger partial charge in [0.15, 0.2) is 18.1 Å². The van der Waals surface area contributed by atoms with Gasteiger partial charge in [-0.2, -0.15) is 26.3 Å². The first-order valence-corrected chi connectivity index (χ1v) is 11.5. The lowest BCUT2D eigenvalue weighted by molar-refractivity contribution is -0.193. The van der Waals surface area contributed by atoms with Crippen LogP contribution in [-0.2, 0) is 9.59 Å². The molecule has 1 aliphatic heterocycles. The molecule has 41 heavy (non-hydrogen) atoms. The van der Waals surface area contributed by atoms with E-state index in [9.17, 15) is 31.4 Å². The molecule has 1 fully saturated rings. The number of aliphatic carboxylic acids is 2. The zero-order chi connectivity index (χ0) is 31.9. The van der Waals surface area contributed by atoms with Crippen LogP contribution in [-0.4, -0.2) is 85.8 Å². The van der Waals surface area contributed by atoms with Crippen molar-refractivity contribution < 1.29 is 51.3 Å². The molecule has 0 amide bonds. The molecule has 25 heteroatoms. The highest BCUT2D eigenvalue weighted by atomic mass is 79.9. The fourth-order valence-corrected chi connectivity index (χ4v) is 5.23. The van der Waals surface area contributed by atoms with Gasteiger partial charge in [-0.05, 0) is 38.8 Å². The van der Waals surface area contributed by atoms with Crippen LogP contribution in [0.25, 0.3) is 20.9 Å². The zero-order valence-corrected chi connectivity index (χ0v) is 22.1. The van der Waals surface area contributed by atoms with Crippen LogP contribution in [0.4, 0.5) is 32.3 Å². The van der Waals surface area contributed by atoms with Gasteiger partial charge in [0.2, 0.25) is 0 Å². The lowest BCUT2D eigenvalue weighted by atomic mass is 9.79. The number of nitrogens with zero attached hydrogens (tertiary/aromatic N) is 8. The molecule has 2 aliphatic rings. The summed E-state index contributed by atoms with van der Waals surface area (Å²) in [5.41, 5.74) is 28.4. The molecular formula is C16H18BrClF6N12O5. The maximum Gasteiger partial charge on any atom is 0.490 e. The second-order valence-corrected chi connectivity index (χ2v) is 9.13. The van der Waals surface area contributed by atoms with Crippen LogP contribution in [0.15, 0.2) is 19.8 Å². The van der Waals surface area contributed by atoms with E-state index >= 15 is 0 Å². The average molecular weight is 688 g/mol. The van der Waals surface area contributed by atoms with E-state index in [2.05, 4.69) is 56.3 Å². The lowest BCUT2D eigenvalue weighted by Gasteiger charge is -2.37. The van der Waals surface area contributed by atoms with E-state index < -0.39 is 59.2 Å². The predicted octanol–water partition coefficient (Wildman–Crippen LogP) is 2.55. The maximum absolute atomic E-state index is 10.7. The minimum atomic E-state index is -5.08. The van der Waals surface area contributed by atoms with E-state index in [-0.39, 0.29) is 25.0 Å². The number of aromatic amines is 1. The highest BCUT2D eigenvalue weighted by Gasteiger charge is 2.66. The van der Waals surface area contributed by atoms with Crippen molar-refractivity contribution in [3.8, 4) is 0 Å². The second kappa shape index (κ2) is 13.7. The van der Waals surface area contributed by atoms with Crippen molar-refractivity contribution >= 4 is 51.4 Å². The number of nitrogens with one attached hydrogen (secondary N) is 2. The lowest BCUT2D eigenvalue weighted by Crippen LogP contribution is -2.60. The summed E-state index contributed by atoms with van der Waals surface area (Å²) in [5, 5.41) is 34.5. The molecule has 2 heterocycles. The molecule has 1 aromatic heterocycles. The number of alkyl halides is 7. The van der Waals surface area contributed by atoms with Gasteiger partial charge in [-0.1, -0.05) is 10.2 Å². The van der Waals surface area contributed by atoms with E-state index in [1.807, 2.05) is 0 Å². The molecule has 0 aromatic carbocycles. The summed E-state index contributed by atoms with van der Waals surface area (Å²) in [6.07, 6.45) is -11.5. The van der Waals surface area contributed by atoms with Crippen molar-refractivity contribution in [3.05, 3.63) is 31.2 Å². The number of anilines is 1. The Morgan fingerprint density at radius 2 is 1.49 bits per heavy atom. The molecule has 1 aliphatic carbocycles. The molecular weight excluding hydrogens is 670 g/mol. The highest BCUT2D eigenvalue weighted by Crippen LogP contribution is 2.56. The summed E-state index contributed by atoms with van der Waals surface area (Å²) in [5.74, 6) is -6.79. The Kier molecular flexibility index (Phi) is 11.7. The van der Waals surface area contributed by atoms with Crippen LogP contribution in [0, 0.1) is 11.8 Å². The van der Waals surface area contributed by atoms with Gasteiger partial charge >= 0.3 is 24.3 Å². The standard InChI is InChI=1S/C12H16BrClN12O.2C2HF3O2/c13-8-6(21-10(15)22-8)5-3(1-19-25-17)4(2-20-26-18)7(14)12(5)9(27)23-11(16)24-12;2*3-2(4,5)1(6)7/h3-5,7,9,27H,1-2H2,(H3,15,21,22)(H3,16,23,24);2*(H,6,7)/t3-,4-,5-,7+,9+,12+;;/m1../s1. The Morgan fingerprint density at radius 3 is 1.80 bits per heavy atom. The summed E-state index contributed by atoms with van der Waals surface area (Å²) in [6.45, 7) is 0.0709. The van der Waals surface area contributed by atoms with Crippen molar-refractivity contribution in [2.45, 2.75) is 35.4 Å². The first-order chi connectivity index (χ1) is 18.7. The molecule has 1 aromatic rings. The van der Waals surface area contributed by atoms with Gasteiger partial charge in [-0.25, -0.2) is 19.6 Å². The number of carbonyl (C=O) groups is 2. The van der Waals surface area contributed by atoms with Crippen LogP contribution >= 0.6 is 27.5 Å². The summed E-state index contributed by atoms with van der Waals surface area (Å²) in [6, 6.07) is 0. The number of aliphatic hydroxyl groups excluding tert-OH is 1. The van der Waals surface area contributed by atoms with Crippen molar-refractivity contribution in [3.63, 3.8) is 0 Å². The van der Waals surface area contributed by atoms with Gasteiger partial charge in [0.05, 0.1) is 11.1 Å².